The second-order valence-electron chi connectivity index (χ2n) is 3.73. The lowest BCUT2D eigenvalue weighted by molar-refractivity contribution is 0.283. The second kappa shape index (κ2) is 6.40. The molecule has 84 valence electrons. The molecule has 1 aromatic rings. The number of aliphatic hydroxyl groups excluding tert-OH is 1. The predicted molar refractivity (Wildman–Crippen MR) is 60.6 cm³/mol. The molecule has 3 heteroatoms. The molecule has 0 aliphatic rings. The van der Waals surface area contributed by atoms with Crippen molar-refractivity contribution in [3.8, 4) is 0 Å². The van der Waals surface area contributed by atoms with Crippen molar-refractivity contribution in [3.63, 3.8) is 0 Å². The average molecular weight is 211 g/mol. The lowest BCUT2D eigenvalue weighted by Gasteiger charge is -2.07. The van der Waals surface area contributed by atoms with Gasteiger partial charge in [-0.3, -0.25) is 0 Å². The lowest BCUT2D eigenvalue weighted by Crippen LogP contribution is -2.02. The van der Waals surface area contributed by atoms with Crippen LogP contribution < -0.4 is 5.32 Å². The smallest absolute Gasteiger partial charge is 0.125 e. The Labute approximate surface area is 90.1 Å². The first-order valence-electron chi connectivity index (χ1n) is 5.34. The van der Waals surface area contributed by atoms with Crippen LogP contribution >= 0.6 is 0 Å². The van der Waals surface area contributed by atoms with Crippen LogP contribution in [0.3, 0.4) is 0 Å². The van der Waals surface area contributed by atoms with Gasteiger partial charge in [0, 0.05) is 18.8 Å². The normalized spacial score (nSPS) is 10.3. The molecule has 1 aromatic carbocycles. The molecule has 0 amide bonds. The molecule has 0 atom stereocenters. The molecule has 0 aliphatic carbocycles. The molecule has 0 fully saturated rings. The maximum Gasteiger partial charge on any atom is 0.125 e. The molecule has 0 saturated carbocycles. The fourth-order valence-corrected chi connectivity index (χ4v) is 1.48. The molecule has 2 N–H and O–H groups in total. The molecule has 0 heterocycles. The van der Waals surface area contributed by atoms with Crippen molar-refractivity contribution in [1.29, 1.82) is 0 Å². The highest BCUT2D eigenvalue weighted by Gasteiger charge is 1.97. The standard InChI is InChI=1S/C12H18FNO/c1-10-7-11(13)9-12(8-10)14-5-3-2-4-6-15/h7-9,14-15H,2-6H2,1H3. The number of aryl methyl sites for hydroxylation is 1. The minimum absolute atomic E-state index is 0.201. The van der Waals surface area contributed by atoms with Gasteiger partial charge >= 0.3 is 0 Å². The van der Waals surface area contributed by atoms with Gasteiger partial charge in [-0.1, -0.05) is 0 Å². The van der Waals surface area contributed by atoms with E-state index in [-0.39, 0.29) is 12.4 Å². The van der Waals surface area contributed by atoms with Gasteiger partial charge in [-0.2, -0.15) is 0 Å². The molecule has 0 aromatic heterocycles. The summed E-state index contributed by atoms with van der Waals surface area (Å²) in [6, 6.07) is 4.94. The largest absolute Gasteiger partial charge is 0.396 e. The number of aliphatic hydroxyl groups is 1. The summed E-state index contributed by atoms with van der Waals surface area (Å²) in [4.78, 5) is 0. The van der Waals surface area contributed by atoms with Gasteiger partial charge in [0.2, 0.25) is 0 Å². The molecule has 0 bridgehead atoms. The van der Waals surface area contributed by atoms with E-state index in [0.717, 1.165) is 37.1 Å². The van der Waals surface area contributed by atoms with Crippen LogP contribution in [0.25, 0.3) is 0 Å². The maximum absolute atomic E-state index is 13.0. The number of halogens is 1. The maximum atomic E-state index is 13.0. The third kappa shape index (κ3) is 4.79. The zero-order chi connectivity index (χ0) is 11.1. The van der Waals surface area contributed by atoms with E-state index in [2.05, 4.69) is 5.32 Å². The van der Waals surface area contributed by atoms with Crippen molar-refractivity contribution in [2.24, 2.45) is 0 Å². The van der Waals surface area contributed by atoms with Crippen molar-refractivity contribution in [2.45, 2.75) is 26.2 Å². The van der Waals surface area contributed by atoms with E-state index in [1.165, 1.54) is 12.1 Å². The zero-order valence-corrected chi connectivity index (χ0v) is 9.09. The summed E-state index contributed by atoms with van der Waals surface area (Å²) in [6.07, 6.45) is 2.83. The SMILES string of the molecule is Cc1cc(F)cc(NCCCCCO)c1. The van der Waals surface area contributed by atoms with Gasteiger partial charge < -0.3 is 10.4 Å². The Balaban J connectivity index is 2.31. The van der Waals surface area contributed by atoms with Crippen molar-refractivity contribution >= 4 is 5.69 Å². The summed E-state index contributed by atoms with van der Waals surface area (Å²) in [5, 5.41) is 11.7. The Kier molecular flexibility index (Phi) is 5.12. The predicted octanol–water partition coefficient (Wildman–Crippen LogP) is 2.71. The molecular formula is C12H18FNO. The Morgan fingerprint density at radius 2 is 2.00 bits per heavy atom. The van der Waals surface area contributed by atoms with Crippen LogP contribution in [0.1, 0.15) is 24.8 Å². The van der Waals surface area contributed by atoms with Gasteiger partial charge in [0.25, 0.3) is 0 Å². The molecule has 2 nitrogen and oxygen atoms in total. The summed E-state index contributed by atoms with van der Waals surface area (Å²) in [6.45, 7) is 2.95. The van der Waals surface area contributed by atoms with E-state index in [4.69, 9.17) is 5.11 Å². The van der Waals surface area contributed by atoms with Gasteiger partial charge in [-0.15, -0.1) is 0 Å². The summed E-state index contributed by atoms with van der Waals surface area (Å²) in [7, 11) is 0. The van der Waals surface area contributed by atoms with E-state index in [1.54, 1.807) is 0 Å². The minimum Gasteiger partial charge on any atom is -0.396 e. The molecule has 0 aliphatic heterocycles. The van der Waals surface area contributed by atoms with Crippen molar-refractivity contribution in [1.82, 2.24) is 0 Å². The van der Waals surface area contributed by atoms with Crippen LogP contribution in [0.15, 0.2) is 18.2 Å². The number of hydrogen-bond donors (Lipinski definition) is 2. The fraction of sp³-hybridized carbons (Fsp3) is 0.500. The van der Waals surface area contributed by atoms with Crippen LogP contribution in [0.4, 0.5) is 10.1 Å². The Morgan fingerprint density at radius 1 is 1.20 bits per heavy atom. The number of nitrogens with one attached hydrogen (secondary N) is 1. The lowest BCUT2D eigenvalue weighted by atomic mass is 10.2. The van der Waals surface area contributed by atoms with E-state index in [9.17, 15) is 4.39 Å². The Hall–Kier alpha value is -1.09. The van der Waals surface area contributed by atoms with Crippen molar-refractivity contribution < 1.29 is 9.50 Å². The highest BCUT2D eigenvalue weighted by atomic mass is 19.1. The van der Waals surface area contributed by atoms with E-state index >= 15 is 0 Å². The molecule has 0 unspecified atom stereocenters. The van der Waals surface area contributed by atoms with Crippen LogP contribution in [-0.2, 0) is 0 Å². The number of hydrogen-bond acceptors (Lipinski definition) is 2. The first-order valence-corrected chi connectivity index (χ1v) is 5.34. The molecule has 0 radical (unpaired) electrons. The highest BCUT2D eigenvalue weighted by Crippen LogP contribution is 2.13. The first kappa shape index (κ1) is 12.0. The second-order valence-corrected chi connectivity index (χ2v) is 3.73. The fourth-order valence-electron chi connectivity index (χ4n) is 1.48. The van der Waals surface area contributed by atoms with E-state index in [0.29, 0.717) is 0 Å². The molecule has 15 heavy (non-hydrogen) atoms. The molecule has 0 saturated heterocycles. The number of benzene rings is 1. The van der Waals surface area contributed by atoms with Gasteiger partial charge in [0.15, 0.2) is 0 Å². The topological polar surface area (TPSA) is 32.3 Å². The Morgan fingerprint density at radius 3 is 2.67 bits per heavy atom. The monoisotopic (exact) mass is 211 g/mol. The zero-order valence-electron chi connectivity index (χ0n) is 9.09. The minimum atomic E-state index is -0.201. The number of anilines is 1. The van der Waals surface area contributed by atoms with Gasteiger partial charge in [0.1, 0.15) is 5.82 Å². The highest BCUT2D eigenvalue weighted by molar-refractivity contribution is 5.45. The third-order valence-electron chi connectivity index (χ3n) is 2.21. The average Bonchev–Trinajstić information content (AvgIpc) is 2.16. The summed E-state index contributed by atoms with van der Waals surface area (Å²) in [5.74, 6) is -0.201. The van der Waals surface area contributed by atoms with Gasteiger partial charge in [-0.25, -0.2) is 4.39 Å². The van der Waals surface area contributed by atoms with Crippen LogP contribution in [-0.4, -0.2) is 18.3 Å². The van der Waals surface area contributed by atoms with Crippen LogP contribution in [0.2, 0.25) is 0 Å². The van der Waals surface area contributed by atoms with E-state index in [1.807, 2.05) is 13.0 Å². The van der Waals surface area contributed by atoms with Gasteiger partial charge in [-0.05, 0) is 49.9 Å². The third-order valence-corrected chi connectivity index (χ3v) is 2.21. The first-order chi connectivity index (χ1) is 7.22. The molecule has 1 rings (SSSR count). The van der Waals surface area contributed by atoms with Crippen LogP contribution in [0, 0.1) is 12.7 Å². The Bertz CT molecular complexity index is 281. The van der Waals surface area contributed by atoms with Crippen molar-refractivity contribution in [3.05, 3.63) is 29.6 Å². The summed E-state index contributed by atoms with van der Waals surface area (Å²) >= 11 is 0. The molecular weight excluding hydrogens is 193 g/mol. The quantitative estimate of drug-likeness (QED) is 0.709. The number of unbranched alkanes of at least 4 members (excludes halogenated alkanes) is 2. The molecule has 0 spiro atoms. The summed E-state index contributed by atoms with van der Waals surface area (Å²) in [5.41, 5.74) is 1.75. The number of rotatable bonds is 6. The van der Waals surface area contributed by atoms with E-state index < -0.39 is 0 Å². The van der Waals surface area contributed by atoms with Crippen molar-refractivity contribution in [2.75, 3.05) is 18.5 Å². The van der Waals surface area contributed by atoms with Crippen LogP contribution in [0.5, 0.6) is 0 Å². The van der Waals surface area contributed by atoms with Gasteiger partial charge in [0.05, 0.1) is 0 Å². The summed E-state index contributed by atoms with van der Waals surface area (Å²) < 4.78 is 13.0.